The Bertz CT molecular complexity index is 1290. The van der Waals surface area contributed by atoms with Gasteiger partial charge < -0.3 is 5.32 Å². The molecule has 0 bridgehead atoms. The number of anilines is 1. The summed E-state index contributed by atoms with van der Waals surface area (Å²) in [6, 6.07) is 12.9. The molecule has 0 spiro atoms. The SMILES string of the molecule is Cc1cccc(NC(=O)[C@H](C)n2nc(C)c3sc4ccccc4c3c2=O)c1C. The predicted molar refractivity (Wildman–Crippen MR) is 115 cm³/mol. The van der Waals surface area contributed by atoms with Gasteiger partial charge in [-0.05, 0) is 51.0 Å². The molecule has 4 aromatic rings. The molecule has 0 saturated carbocycles. The number of aryl methyl sites for hydroxylation is 2. The molecule has 1 N–H and O–H groups in total. The average Bonchev–Trinajstić information content (AvgIpc) is 3.08. The van der Waals surface area contributed by atoms with Crippen LogP contribution in [0.1, 0.15) is 29.8 Å². The van der Waals surface area contributed by atoms with Crippen LogP contribution >= 0.6 is 11.3 Å². The number of hydrogen-bond acceptors (Lipinski definition) is 4. The molecule has 0 radical (unpaired) electrons. The van der Waals surface area contributed by atoms with Crippen LogP contribution in [0.4, 0.5) is 5.69 Å². The summed E-state index contributed by atoms with van der Waals surface area (Å²) in [6.07, 6.45) is 0. The number of nitrogens with one attached hydrogen (secondary N) is 1. The first-order valence-corrected chi connectivity index (χ1v) is 9.98. The molecule has 6 heteroatoms. The molecule has 0 unspecified atom stereocenters. The van der Waals surface area contributed by atoms with E-state index in [2.05, 4.69) is 10.4 Å². The summed E-state index contributed by atoms with van der Waals surface area (Å²) >= 11 is 1.56. The van der Waals surface area contributed by atoms with E-state index in [0.717, 1.165) is 37.3 Å². The van der Waals surface area contributed by atoms with Crippen molar-refractivity contribution in [1.29, 1.82) is 0 Å². The van der Waals surface area contributed by atoms with E-state index >= 15 is 0 Å². The van der Waals surface area contributed by atoms with Gasteiger partial charge >= 0.3 is 0 Å². The fraction of sp³-hybridized carbons (Fsp3) is 0.227. The molecular weight excluding hydrogens is 370 g/mol. The number of hydrogen-bond donors (Lipinski definition) is 1. The third-order valence-electron chi connectivity index (χ3n) is 5.21. The van der Waals surface area contributed by atoms with Crippen LogP contribution in [0.25, 0.3) is 20.2 Å². The van der Waals surface area contributed by atoms with E-state index in [0.29, 0.717) is 5.39 Å². The van der Waals surface area contributed by atoms with E-state index in [-0.39, 0.29) is 11.5 Å². The molecule has 5 nitrogen and oxygen atoms in total. The quantitative estimate of drug-likeness (QED) is 0.549. The molecule has 2 aromatic heterocycles. The molecule has 2 heterocycles. The number of carbonyl (C=O) groups excluding carboxylic acids is 1. The van der Waals surface area contributed by atoms with Crippen LogP contribution in [0.3, 0.4) is 0 Å². The third-order valence-corrected chi connectivity index (χ3v) is 6.49. The molecule has 2 aromatic carbocycles. The molecule has 0 saturated heterocycles. The Balaban J connectivity index is 1.79. The molecular formula is C22H21N3O2S. The number of carbonyl (C=O) groups is 1. The monoisotopic (exact) mass is 391 g/mol. The zero-order valence-corrected chi connectivity index (χ0v) is 17.1. The van der Waals surface area contributed by atoms with Crippen molar-refractivity contribution in [2.45, 2.75) is 33.7 Å². The van der Waals surface area contributed by atoms with E-state index in [1.165, 1.54) is 4.68 Å². The van der Waals surface area contributed by atoms with E-state index in [1.54, 1.807) is 18.3 Å². The second-order valence-corrected chi connectivity index (χ2v) is 8.10. The minimum absolute atomic E-state index is 0.235. The summed E-state index contributed by atoms with van der Waals surface area (Å²) in [7, 11) is 0. The van der Waals surface area contributed by atoms with Crippen molar-refractivity contribution >= 4 is 43.1 Å². The zero-order valence-electron chi connectivity index (χ0n) is 16.2. The number of nitrogens with zero attached hydrogens (tertiary/aromatic N) is 2. The lowest BCUT2D eigenvalue weighted by Gasteiger charge is -2.16. The summed E-state index contributed by atoms with van der Waals surface area (Å²) in [5.41, 5.74) is 3.38. The van der Waals surface area contributed by atoms with Crippen LogP contribution in [-0.4, -0.2) is 15.7 Å². The van der Waals surface area contributed by atoms with Gasteiger partial charge in [0.1, 0.15) is 6.04 Å². The lowest BCUT2D eigenvalue weighted by Crippen LogP contribution is -2.34. The van der Waals surface area contributed by atoms with Crippen molar-refractivity contribution in [3.8, 4) is 0 Å². The average molecular weight is 391 g/mol. The van der Waals surface area contributed by atoms with Gasteiger partial charge in [0, 0.05) is 15.8 Å². The van der Waals surface area contributed by atoms with Gasteiger partial charge in [-0.3, -0.25) is 9.59 Å². The van der Waals surface area contributed by atoms with Gasteiger partial charge in [0.2, 0.25) is 5.91 Å². The minimum Gasteiger partial charge on any atom is -0.324 e. The maximum Gasteiger partial charge on any atom is 0.276 e. The molecule has 0 aliphatic heterocycles. The molecule has 4 rings (SSSR count). The highest BCUT2D eigenvalue weighted by Gasteiger charge is 2.22. The summed E-state index contributed by atoms with van der Waals surface area (Å²) in [5, 5.41) is 8.94. The summed E-state index contributed by atoms with van der Waals surface area (Å²) in [4.78, 5) is 26.1. The van der Waals surface area contributed by atoms with E-state index in [1.807, 2.05) is 63.2 Å². The van der Waals surface area contributed by atoms with Crippen LogP contribution in [0.2, 0.25) is 0 Å². The van der Waals surface area contributed by atoms with E-state index in [4.69, 9.17) is 0 Å². The highest BCUT2D eigenvalue weighted by atomic mass is 32.1. The number of thiophene rings is 1. The highest BCUT2D eigenvalue weighted by molar-refractivity contribution is 7.26. The largest absolute Gasteiger partial charge is 0.324 e. The minimum atomic E-state index is -0.728. The Kier molecular flexibility index (Phi) is 4.51. The smallest absolute Gasteiger partial charge is 0.276 e. The van der Waals surface area contributed by atoms with Crippen molar-refractivity contribution in [3.63, 3.8) is 0 Å². The van der Waals surface area contributed by atoms with Crippen molar-refractivity contribution in [2.75, 3.05) is 5.32 Å². The van der Waals surface area contributed by atoms with Gasteiger partial charge in [0.05, 0.1) is 15.8 Å². The number of benzene rings is 2. The van der Waals surface area contributed by atoms with Gasteiger partial charge in [-0.25, -0.2) is 4.68 Å². The van der Waals surface area contributed by atoms with Gasteiger partial charge in [-0.2, -0.15) is 5.10 Å². The number of rotatable bonds is 3. The fourth-order valence-corrected chi connectivity index (χ4v) is 4.51. The first kappa shape index (κ1) is 18.4. The molecule has 0 aliphatic rings. The molecule has 1 amide bonds. The zero-order chi connectivity index (χ0) is 20.0. The van der Waals surface area contributed by atoms with Crippen molar-refractivity contribution in [1.82, 2.24) is 9.78 Å². The normalized spacial score (nSPS) is 12.4. The second-order valence-electron chi connectivity index (χ2n) is 7.05. The molecule has 28 heavy (non-hydrogen) atoms. The lowest BCUT2D eigenvalue weighted by atomic mass is 10.1. The van der Waals surface area contributed by atoms with Crippen molar-refractivity contribution < 1.29 is 4.79 Å². The summed E-state index contributed by atoms with van der Waals surface area (Å²) in [6.45, 7) is 7.55. The van der Waals surface area contributed by atoms with Crippen LogP contribution in [-0.2, 0) is 4.79 Å². The maximum absolute atomic E-state index is 13.2. The standard InChI is InChI=1S/C22H21N3O2S/c1-12-8-7-10-17(13(12)2)23-21(26)15(4)25-22(27)19-16-9-5-6-11-18(16)28-20(19)14(3)24-25/h5-11,15H,1-4H3,(H,23,26)/t15-/m0/s1. The van der Waals surface area contributed by atoms with E-state index in [9.17, 15) is 9.59 Å². The third kappa shape index (κ3) is 2.90. The predicted octanol–water partition coefficient (Wildman–Crippen LogP) is 4.74. The Hall–Kier alpha value is -2.99. The molecule has 0 fully saturated rings. The van der Waals surface area contributed by atoms with E-state index < -0.39 is 6.04 Å². The lowest BCUT2D eigenvalue weighted by molar-refractivity contribution is -0.119. The maximum atomic E-state index is 13.2. The highest BCUT2D eigenvalue weighted by Crippen LogP contribution is 2.33. The fourth-order valence-electron chi connectivity index (χ4n) is 3.38. The first-order valence-electron chi connectivity index (χ1n) is 9.16. The number of aromatic nitrogens is 2. The summed E-state index contributed by atoms with van der Waals surface area (Å²) in [5.74, 6) is -0.262. The van der Waals surface area contributed by atoms with Crippen molar-refractivity contribution in [2.24, 2.45) is 0 Å². The first-order chi connectivity index (χ1) is 13.4. The van der Waals surface area contributed by atoms with Crippen LogP contribution in [0, 0.1) is 20.8 Å². The van der Waals surface area contributed by atoms with Crippen LogP contribution in [0.5, 0.6) is 0 Å². The number of amides is 1. The molecule has 142 valence electrons. The van der Waals surface area contributed by atoms with Gasteiger partial charge in [-0.15, -0.1) is 11.3 Å². The molecule has 0 aliphatic carbocycles. The van der Waals surface area contributed by atoms with Crippen LogP contribution < -0.4 is 10.9 Å². The Morgan fingerprint density at radius 2 is 1.86 bits per heavy atom. The van der Waals surface area contributed by atoms with Gasteiger partial charge in [0.15, 0.2) is 0 Å². The number of fused-ring (bicyclic) bond motifs is 3. The van der Waals surface area contributed by atoms with Gasteiger partial charge in [-0.1, -0.05) is 30.3 Å². The van der Waals surface area contributed by atoms with Gasteiger partial charge in [0.25, 0.3) is 5.56 Å². The summed E-state index contributed by atoms with van der Waals surface area (Å²) < 4.78 is 3.23. The second kappa shape index (κ2) is 6.87. The van der Waals surface area contributed by atoms with Crippen molar-refractivity contribution in [3.05, 3.63) is 69.6 Å². The Morgan fingerprint density at radius 1 is 1.11 bits per heavy atom. The Morgan fingerprint density at radius 3 is 2.64 bits per heavy atom. The Labute approximate surface area is 166 Å². The topological polar surface area (TPSA) is 64.0 Å². The molecule has 1 atom stereocenters. The van der Waals surface area contributed by atoms with Crippen LogP contribution in [0.15, 0.2) is 47.3 Å².